The number of hydrogen-bond acceptors (Lipinski definition) is 5. The highest BCUT2D eigenvalue weighted by molar-refractivity contribution is 5.86. The molecule has 2 atom stereocenters. The summed E-state index contributed by atoms with van der Waals surface area (Å²) >= 11 is 0. The van der Waals surface area contributed by atoms with E-state index in [1.54, 1.807) is 0 Å². The summed E-state index contributed by atoms with van der Waals surface area (Å²) in [6.07, 6.45) is 4.83. The van der Waals surface area contributed by atoms with Crippen LogP contribution in [0.4, 0.5) is 5.95 Å². The summed E-state index contributed by atoms with van der Waals surface area (Å²) in [6, 6.07) is 17.4. The van der Waals surface area contributed by atoms with Crippen molar-refractivity contribution in [3.05, 3.63) is 54.7 Å². The van der Waals surface area contributed by atoms with Crippen LogP contribution in [0.3, 0.4) is 0 Å². The van der Waals surface area contributed by atoms with E-state index in [9.17, 15) is 5.11 Å². The topological polar surface area (TPSA) is 52.5 Å². The van der Waals surface area contributed by atoms with Crippen LogP contribution >= 0.6 is 0 Å². The number of anilines is 1. The minimum Gasteiger partial charge on any atom is -0.392 e. The van der Waals surface area contributed by atoms with Gasteiger partial charge in [-0.25, -0.2) is 9.97 Å². The Balaban J connectivity index is 1.35. The maximum absolute atomic E-state index is 9.98. The number of aromatic nitrogens is 2. The predicted octanol–water partition coefficient (Wildman–Crippen LogP) is 3.33. The first-order valence-electron chi connectivity index (χ1n) is 10.3. The average Bonchev–Trinajstić information content (AvgIpc) is 3.24. The summed E-state index contributed by atoms with van der Waals surface area (Å²) < 4.78 is 0. The van der Waals surface area contributed by atoms with Gasteiger partial charge < -0.3 is 10.0 Å². The predicted molar refractivity (Wildman–Crippen MR) is 112 cm³/mol. The average molecular weight is 374 g/mol. The molecule has 1 aromatic heterocycles. The summed E-state index contributed by atoms with van der Waals surface area (Å²) in [7, 11) is 0. The van der Waals surface area contributed by atoms with Crippen molar-refractivity contribution in [2.24, 2.45) is 0 Å². The molecule has 0 saturated carbocycles. The Labute approximate surface area is 165 Å². The third kappa shape index (κ3) is 3.48. The van der Waals surface area contributed by atoms with E-state index in [1.807, 2.05) is 12.3 Å². The van der Waals surface area contributed by atoms with Crippen molar-refractivity contribution in [3.63, 3.8) is 0 Å². The van der Waals surface area contributed by atoms with Gasteiger partial charge in [-0.1, -0.05) is 36.4 Å². The monoisotopic (exact) mass is 374 g/mol. The summed E-state index contributed by atoms with van der Waals surface area (Å²) in [5.41, 5.74) is 2.09. The SMILES string of the molecule is OC1CCCN(C2CCN(c3nccc(-c4ccc5ccccc5c4)n3)C2)C1. The molecule has 0 aliphatic carbocycles. The van der Waals surface area contributed by atoms with Crippen molar-refractivity contribution in [3.8, 4) is 11.3 Å². The lowest BCUT2D eigenvalue weighted by Crippen LogP contribution is -2.45. The molecule has 5 heteroatoms. The molecule has 2 fully saturated rings. The minimum absolute atomic E-state index is 0.171. The molecule has 5 rings (SSSR count). The van der Waals surface area contributed by atoms with Gasteiger partial charge in [0.25, 0.3) is 0 Å². The normalized spacial score (nSPS) is 23.4. The first-order valence-corrected chi connectivity index (χ1v) is 10.3. The van der Waals surface area contributed by atoms with Gasteiger partial charge in [-0.3, -0.25) is 4.90 Å². The molecule has 0 amide bonds. The third-order valence-corrected chi connectivity index (χ3v) is 6.08. The number of aliphatic hydroxyl groups is 1. The molecule has 0 radical (unpaired) electrons. The Bertz CT molecular complexity index is 975. The number of aliphatic hydroxyl groups excluding tert-OH is 1. The fraction of sp³-hybridized carbons (Fsp3) is 0.391. The van der Waals surface area contributed by atoms with Crippen LogP contribution < -0.4 is 4.90 Å². The van der Waals surface area contributed by atoms with Crippen LogP contribution in [0.5, 0.6) is 0 Å². The molecular formula is C23H26N4O. The molecule has 0 spiro atoms. The molecule has 0 bridgehead atoms. The van der Waals surface area contributed by atoms with Crippen LogP contribution in [0, 0.1) is 0 Å². The van der Waals surface area contributed by atoms with Gasteiger partial charge in [0, 0.05) is 37.4 Å². The molecule has 3 aromatic rings. The van der Waals surface area contributed by atoms with Gasteiger partial charge in [0.05, 0.1) is 11.8 Å². The van der Waals surface area contributed by atoms with E-state index < -0.39 is 0 Å². The summed E-state index contributed by atoms with van der Waals surface area (Å²) in [6.45, 7) is 3.80. The van der Waals surface area contributed by atoms with Gasteiger partial charge in [-0.2, -0.15) is 0 Å². The van der Waals surface area contributed by atoms with Crippen molar-refractivity contribution in [2.45, 2.75) is 31.4 Å². The molecule has 2 aliphatic rings. The number of β-amino-alcohol motifs (C(OH)–C–C–N with tert-alkyl or cyclic N) is 1. The number of likely N-dealkylation sites (tertiary alicyclic amines) is 1. The smallest absolute Gasteiger partial charge is 0.225 e. The van der Waals surface area contributed by atoms with Gasteiger partial charge in [-0.15, -0.1) is 0 Å². The first-order chi connectivity index (χ1) is 13.8. The number of piperidine rings is 1. The molecule has 1 N–H and O–H groups in total. The zero-order valence-electron chi connectivity index (χ0n) is 16.0. The molecule has 3 heterocycles. The van der Waals surface area contributed by atoms with Crippen LogP contribution in [0.2, 0.25) is 0 Å². The number of nitrogens with zero attached hydrogens (tertiary/aromatic N) is 4. The second kappa shape index (κ2) is 7.49. The van der Waals surface area contributed by atoms with E-state index in [0.717, 1.165) is 62.6 Å². The highest BCUT2D eigenvalue weighted by atomic mass is 16.3. The van der Waals surface area contributed by atoms with Crippen LogP contribution in [0.25, 0.3) is 22.0 Å². The molecule has 5 nitrogen and oxygen atoms in total. The fourth-order valence-electron chi connectivity index (χ4n) is 4.55. The number of benzene rings is 2. The summed E-state index contributed by atoms with van der Waals surface area (Å²) in [4.78, 5) is 14.2. The van der Waals surface area contributed by atoms with Crippen LogP contribution in [-0.2, 0) is 0 Å². The van der Waals surface area contributed by atoms with Crippen molar-refractivity contribution in [1.29, 1.82) is 0 Å². The maximum Gasteiger partial charge on any atom is 0.225 e. The number of hydrogen-bond donors (Lipinski definition) is 1. The lowest BCUT2D eigenvalue weighted by atomic mass is 10.1. The Morgan fingerprint density at radius 3 is 2.71 bits per heavy atom. The second-order valence-corrected chi connectivity index (χ2v) is 7.98. The van der Waals surface area contributed by atoms with Gasteiger partial charge in [0.1, 0.15) is 0 Å². The Hall–Kier alpha value is -2.50. The molecule has 2 unspecified atom stereocenters. The van der Waals surface area contributed by atoms with E-state index in [1.165, 1.54) is 10.8 Å². The Morgan fingerprint density at radius 2 is 1.82 bits per heavy atom. The lowest BCUT2D eigenvalue weighted by molar-refractivity contribution is 0.0513. The quantitative estimate of drug-likeness (QED) is 0.762. The zero-order valence-corrected chi connectivity index (χ0v) is 16.0. The molecule has 2 saturated heterocycles. The third-order valence-electron chi connectivity index (χ3n) is 6.08. The van der Waals surface area contributed by atoms with E-state index in [4.69, 9.17) is 4.98 Å². The van der Waals surface area contributed by atoms with E-state index in [2.05, 4.69) is 57.2 Å². The molecular weight excluding hydrogens is 348 g/mol. The van der Waals surface area contributed by atoms with E-state index in [-0.39, 0.29) is 6.10 Å². The first kappa shape index (κ1) is 17.6. The van der Waals surface area contributed by atoms with Crippen LogP contribution in [-0.4, -0.2) is 58.3 Å². The Kier molecular flexibility index (Phi) is 4.71. The number of fused-ring (bicyclic) bond motifs is 1. The lowest BCUT2D eigenvalue weighted by Gasteiger charge is -2.34. The van der Waals surface area contributed by atoms with Crippen LogP contribution in [0.15, 0.2) is 54.7 Å². The standard InChI is InChI=1S/C23H26N4O/c28-21-6-3-12-26(16-21)20-10-13-27(15-20)23-24-11-9-22(25-23)19-8-7-17-4-1-2-5-18(17)14-19/h1-2,4-5,7-9,11,14,20-21,28H,3,6,10,12-13,15-16H2. The maximum atomic E-state index is 9.98. The fourth-order valence-corrected chi connectivity index (χ4v) is 4.55. The summed E-state index contributed by atoms with van der Waals surface area (Å²) in [5, 5.41) is 12.4. The van der Waals surface area contributed by atoms with Crippen molar-refractivity contribution in [2.75, 3.05) is 31.1 Å². The second-order valence-electron chi connectivity index (χ2n) is 7.98. The minimum atomic E-state index is -0.171. The number of rotatable bonds is 3. The summed E-state index contributed by atoms with van der Waals surface area (Å²) in [5.74, 6) is 0.811. The van der Waals surface area contributed by atoms with Gasteiger partial charge >= 0.3 is 0 Å². The van der Waals surface area contributed by atoms with Crippen LogP contribution in [0.1, 0.15) is 19.3 Å². The van der Waals surface area contributed by atoms with Crippen molar-refractivity contribution < 1.29 is 5.11 Å². The van der Waals surface area contributed by atoms with Gasteiger partial charge in [0.15, 0.2) is 0 Å². The van der Waals surface area contributed by atoms with Gasteiger partial charge in [0.2, 0.25) is 5.95 Å². The van der Waals surface area contributed by atoms with Gasteiger partial charge in [-0.05, 0) is 48.7 Å². The molecule has 144 valence electrons. The highest BCUT2D eigenvalue weighted by Crippen LogP contribution is 2.26. The molecule has 2 aliphatic heterocycles. The molecule has 28 heavy (non-hydrogen) atoms. The van der Waals surface area contributed by atoms with Crippen molar-refractivity contribution in [1.82, 2.24) is 14.9 Å². The van der Waals surface area contributed by atoms with E-state index >= 15 is 0 Å². The Morgan fingerprint density at radius 1 is 0.929 bits per heavy atom. The largest absolute Gasteiger partial charge is 0.392 e. The van der Waals surface area contributed by atoms with E-state index in [0.29, 0.717) is 6.04 Å². The highest BCUT2D eigenvalue weighted by Gasteiger charge is 2.31. The van der Waals surface area contributed by atoms with Crippen molar-refractivity contribution >= 4 is 16.7 Å². The molecule has 2 aromatic carbocycles. The zero-order chi connectivity index (χ0) is 18.9.